The van der Waals surface area contributed by atoms with Crippen molar-refractivity contribution in [2.24, 2.45) is 0 Å². The molecule has 2 rings (SSSR count). The molecule has 1 unspecified atom stereocenters. The predicted molar refractivity (Wildman–Crippen MR) is 77.1 cm³/mol. The number of rotatable bonds is 5. The molecule has 2 aromatic rings. The average molecular weight is 277 g/mol. The molecule has 0 aliphatic rings. The first-order valence-electron chi connectivity index (χ1n) is 6.46. The fourth-order valence-electron chi connectivity index (χ4n) is 1.91. The number of nitrogens with zero attached hydrogens (tertiary/aromatic N) is 2. The van der Waals surface area contributed by atoms with Crippen LogP contribution >= 0.6 is 11.6 Å². The van der Waals surface area contributed by atoms with Crippen LogP contribution in [0, 0.1) is 0 Å². The third-order valence-corrected chi connectivity index (χ3v) is 3.00. The lowest BCUT2D eigenvalue weighted by Crippen LogP contribution is -2.08. The molecule has 100 valence electrons. The van der Waals surface area contributed by atoms with Crippen LogP contribution in [0.25, 0.3) is 11.3 Å². The molecule has 0 saturated heterocycles. The van der Waals surface area contributed by atoms with Crippen molar-refractivity contribution in [3.63, 3.8) is 0 Å². The van der Waals surface area contributed by atoms with E-state index in [-0.39, 0.29) is 6.10 Å². The SMILES string of the molecule is CCOC(CC)c1nc(Cl)cc(-c2ccccc2)n1. The van der Waals surface area contributed by atoms with Crippen LogP contribution in [0.5, 0.6) is 0 Å². The zero-order valence-corrected chi connectivity index (χ0v) is 11.9. The largest absolute Gasteiger partial charge is 0.371 e. The van der Waals surface area contributed by atoms with Crippen LogP contribution in [-0.4, -0.2) is 16.6 Å². The molecule has 0 bridgehead atoms. The molecule has 3 nitrogen and oxygen atoms in total. The predicted octanol–water partition coefficient (Wildman–Crippen LogP) is 4.28. The molecule has 0 fully saturated rings. The van der Waals surface area contributed by atoms with Crippen molar-refractivity contribution in [3.8, 4) is 11.3 Å². The normalized spacial score (nSPS) is 12.4. The third-order valence-electron chi connectivity index (χ3n) is 2.81. The first kappa shape index (κ1) is 14.0. The number of hydrogen-bond acceptors (Lipinski definition) is 3. The highest BCUT2D eigenvalue weighted by atomic mass is 35.5. The van der Waals surface area contributed by atoms with Gasteiger partial charge in [-0.1, -0.05) is 48.9 Å². The lowest BCUT2D eigenvalue weighted by Gasteiger charge is -2.14. The maximum absolute atomic E-state index is 6.09. The smallest absolute Gasteiger partial charge is 0.159 e. The van der Waals surface area contributed by atoms with Gasteiger partial charge >= 0.3 is 0 Å². The summed E-state index contributed by atoms with van der Waals surface area (Å²) in [5.41, 5.74) is 1.85. The standard InChI is InChI=1S/C15H17ClN2O/c1-3-13(19-4-2)15-17-12(10-14(16)18-15)11-8-6-5-7-9-11/h5-10,13H,3-4H2,1-2H3. The van der Waals surface area contributed by atoms with Gasteiger partial charge in [-0.15, -0.1) is 0 Å². The molecule has 1 heterocycles. The topological polar surface area (TPSA) is 35.0 Å². The van der Waals surface area contributed by atoms with Crippen LogP contribution in [0.15, 0.2) is 36.4 Å². The second-order valence-corrected chi connectivity index (χ2v) is 4.54. The van der Waals surface area contributed by atoms with Gasteiger partial charge in [0.1, 0.15) is 11.3 Å². The second kappa shape index (κ2) is 6.64. The molecule has 19 heavy (non-hydrogen) atoms. The van der Waals surface area contributed by atoms with E-state index < -0.39 is 0 Å². The van der Waals surface area contributed by atoms with Gasteiger partial charge in [0.05, 0.1) is 5.69 Å². The van der Waals surface area contributed by atoms with Crippen molar-refractivity contribution >= 4 is 11.6 Å². The molecule has 0 radical (unpaired) electrons. The fourth-order valence-corrected chi connectivity index (χ4v) is 2.10. The van der Waals surface area contributed by atoms with E-state index in [1.54, 1.807) is 6.07 Å². The molecule has 4 heteroatoms. The minimum atomic E-state index is -0.105. The van der Waals surface area contributed by atoms with Crippen LogP contribution < -0.4 is 0 Å². The molecule has 0 aliphatic heterocycles. The van der Waals surface area contributed by atoms with Gasteiger partial charge in [0, 0.05) is 18.2 Å². The van der Waals surface area contributed by atoms with Gasteiger partial charge in [-0.3, -0.25) is 0 Å². The summed E-state index contributed by atoms with van der Waals surface area (Å²) in [4.78, 5) is 8.85. The summed E-state index contributed by atoms with van der Waals surface area (Å²) in [5.74, 6) is 0.649. The fraction of sp³-hybridized carbons (Fsp3) is 0.333. The molecular formula is C15H17ClN2O. The van der Waals surface area contributed by atoms with Crippen molar-refractivity contribution in [2.45, 2.75) is 26.4 Å². The maximum atomic E-state index is 6.09. The zero-order chi connectivity index (χ0) is 13.7. The Bertz CT molecular complexity index is 531. The molecule has 0 amide bonds. The first-order valence-corrected chi connectivity index (χ1v) is 6.83. The lowest BCUT2D eigenvalue weighted by atomic mass is 10.1. The van der Waals surface area contributed by atoms with E-state index in [0.717, 1.165) is 17.7 Å². The van der Waals surface area contributed by atoms with Gasteiger partial charge in [0.15, 0.2) is 5.82 Å². The second-order valence-electron chi connectivity index (χ2n) is 4.15. The highest BCUT2D eigenvalue weighted by molar-refractivity contribution is 6.29. The molecule has 0 spiro atoms. The number of halogens is 1. The van der Waals surface area contributed by atoms with Gasteiger partial charge < -0.3 is 4.74 Å². The molecular weight excluding hydrogens is 260 g/mol. The highest BCUT2D eigenvalue weighted by Crippen LogP contribution is 2.24. The van der Waals surface area contributed by atoms with Gasteiger partial charge in [-0.05, 0) is 13.3 Å². The summed E-state index contributed by atoms with van der Waals surface area (Å²) in [6, 6.07) is 11.7. The van der Waals surface area contributed by atoms with Gasteiger partial charge in [-0.25, -0.2) is 9.97 Å². The van der Waals surface area contributed by atoms with Crippen molar-refractivity contribution in [1.82, 2.24) is 9.97 Å². The van der Waals surface area contributed by atoms with Gasteiger partial charge in [0.25, 0.3) is 0 Å². The Balaban J connectivity index is 2.39. The summed E-state index contributed by atoms with van der Waals surface area (Å²) in [6.07, 6.45) is 0.716. The monoisotopic (exact) mass is 276 g/mol. The Morgan fingerprint density at radius 3 is 2.53 bits per heavy atom. The van der Waals surface area contributed by atoms with Gasteiger partial charge in [-0.2, -0.15) is 0 Å². The third kappa shape index (κ3) is 3.52. The van der Waals surface area contributed by atoms with Crippen molar-refractivity contribution < 1.29 is 4.74 Å². The summed E-state index contributed by atoms with van der Waals surface area (Å²) in [7, 11) is 0. The van der Waals surface area contributed by atoms with E-state index in [1.165, 1.54) is 0 Å². The van der Waals surface area contributed by atoms with Crippen LogP contribution in [0.1, 0.15) is 32.2 Å². The van der Waals surface area contributed by atoms with Crippen molar-refractivity contribution in [3.05, 3.63) is 47.4 Å². The quantitative estimate of drug-likeness (QED) is 0.765. The molecule has 0 N–H and O–H groups in total. The zero-order valence-electron chi connectivity index (χ0n) is 11.1. The Kier molecular flexibility index (Phi) is 4.88. The summed E-state index contributed by atoms with van der Waals surface area (Å²) < 4.78 is 5.64. The number of hydrogen-bond donors (Lipinski definition) is 0. The van der Waals surface area contributed by atoms with E-state index >= 15 is 0 Å². The minimum absolute atomic E-state index is 0.105. The Labute approximate surface area is 118 Å². The van der Waals surface area contributed by atoms with Crippen LogP contribution in [0.3, 0.4) is 0 Å². The summed E-state index contributed by atoms with van der Waals surface area (Å²) >= 11 is 6.09. The Morgan fingerprint density at radius 1 is 1.16 bits per heavy atom. The maximum Gasteiger partial charge on any atom is 0.159 e. The van der Waals surface area contributed by atoms with Crippen LogP contribution in [-0.2, 0) is 4.74 Å². The average Bonchev–Trinajstić information content (AvgIpc) is 2.45. The summed E-state index contributed by atoms with van der Waals surface area (Å²) in [5, 5.41) is 0.446. The number of ether oxygens (including phenoxy) is 1. The number of benzene rings is 1. The van der Waals surface area contributed by atoms with E-state index in [4.69, 9.17) is 16.3 Å². The Morgan fingerprint density at radius 2 is 1.89 bits per heavy atom. The number of aromatic nitrogens is 2. The van der Waals surface area contributed by atoms with E-state index in [2.05, 4.69) is 9.97 Å². The van der Waals surface area contributed by atoms with E-state index in [9.17, 15) is 0 Å². The minimum Gasteiger partial charge on any atom is -0.371 e. The first-order chi connectivity index (χ1) is 9.24. The molecule has 1 atom stereocenters. The highest BCUT2D eigenvalue weighted by Gasteiger charge is 2.15. The summed E-state index contributed by atoms with van der Waals surface area (Å²) in [6.45, 7) is 4.65. The molecule has 1 aromatic carbocycles. The van der Waals surface area contributed by atoms with Crippen molar-refractivity contribution in [2.75, 3.05) is 6.61 Å². The van der Waals surface area contributed by atoms with Gasteiger partial charge in [0.2, 0.25) is 0 Å². The van der Waals surface area contributed by atoms with E-state index in [1.807, 2.05) is 44.2 Å². The van der Waals surface area contributed by atoms with Crippen molar-refractivity contribution in [1.29, 1.82) is 0 Å². The Hall–Kier alpha value is -1.45. The molecule has 0 saturated carbocycles. The lowest BCUT2D eigenvalue weighted by molar-refractivity contribution is 0.0536. The molecule has 1 aromatic heterocycles. The van der Waals surface area contributed by atoms with Crippen LogP contribution in [0.4, 0.5) is 0 Å². The van der Waals surface area contributed by atoms with E-state index in [0.29, 0.717) is 17.6 Å². The molecule has 0 aliphatic carbocycles. The van der Waals surface area contributed by atoms with Crippen LogP contribution in [0.2, 0.25) is 5.15 Å².